The maximum absolute atomic E-state index is 12.4. The fraction of sp³-hybridized carbons (Fsp3) is 0.923. The number of halogens is 2. The third kappa shape index (κ3) is 5.82. The molecule has 4 nitrogen and oxygen atoms in total. The quantitative estimate of drug-likeness (QED) is 0.740. The number of hydrogen-bond acceptors (Lipinski definition) is 3. The number of hydrogen-bond donors (Lipinski definition) is 2. The van der Waals surface area contributed by atoms with Crippen molar-refractivity contribution in [2.24, 2.45) is 0 Å². The van der Waals surface area contributed by atoms with Crippen LogP contribution in [-0.2, 0) is 4.79 Å². The molecule has 0 aromatic rings. The van der Waals surface area contributed by atoms with Crippen LogP contribution in [0.4, 0.5) is 8.78 Å². The lowest BCUT2D eigenvalue weighted by Crippen LogP contribution is -2.50. The highest BCUT2D eigenvalue weighted by Crippen LogP contribution is 2.17. The molecular weight excluding hydrogens is 254 g/mol. The van der Waals surface area contributed by atoms with Crippen molar-refractivity contribution < 1.29 is 18.7 Å². The van der Waals surface area contributed by atoms with E-state index in [1.807, 2.05) is 0 Å². The Hall–Kier alpha value is -0.750. The number of nitrogens with zero attached hydrogens (tertiary/aromatic N) is 1. The molecule has 1 atom stereocenters. The summed E-state index contributed by atoms with van der Waals surface area (Å²) in [4.78, 5) is 13.4. The number of amides is 1. The molecule has 6 heteroatoms. The number of carbonyl (C=O) groups excluding carboxylic acids is 1. The van der Waals surface area contributed by atoms with Crippen molar-refractivity contribution in [3.63, 3.8) is 0 Å². The van der Waals surface area contributed by atoms with Crippen LogP contribution in [-0.4, -0.2) is 54.1 Å². The lowest BCUT2D eigenvalue weighted by atomic mass is 9.95. The Bertz CT molecular complexity index is 271. The van der Waals surface area contributed by atoms with Crippen LogP contribution in [0.15, 0.2) is 0 Å². The molecular formula is C13H24F2N2O2. The number of carbonyl (C=O) groups is 1. The summed E-state index contributed by atoms with van der Waals surface area (Å²) in [7, 11) is 0. The molecule has 0 aliphatic heterocycles. The summed E-state index contributed by atoms with van der Waals surface area (Å²) in [5.41, 5.74) is 0. The first-order valence-corrected chi connectivity index (χ1v) is 6.98. The van der Waals surface area contributed by atoms with Gasteiger partial charge in [-0.3, -0.25) is 9.69 Å². The molecule has 1 rings (SSSR count). The van der Waals surface area contributed by atoms with Crippen molar-refractivity contribution in [3.05, 3.63) is 0 Å². The van der Waals surface area contributed by atoms with Gasteiger partial charge in [0.2, 0.25) is 5.91 Å². The van der Waals surface area contributed by atoms with Gasteiger partial charge in [-0.2, -0.15) is 0 Å². The lowest BCUT2D eigenvalue weighted by Gasteiger charge is -2.30. The SMILES string of the molecule is CC(C(=O)NC1CCCCC1)N(CCO)CC(F)F. The zero-order chi connectivity index (χ0) is 14.3. The summed E-state index contributed by atoms with van der Waals surface area (Å²) in [6.45, 7) is 0.980. The Kier molecular flexibility index (Phi) is 7.23. The van der Waals surface area contributed by atoms with Crippen LogP contribution in [0.1, 0.15) is 39.0 Å². The van der Waals surface area contributed by atoms with E-state index >= 15 is 0 Å². The third-order valence-electron chi connectivity index (χ3n) is 3.64. The maximum atomic E-state index is 12.4. The molecule has 1 aliphatic carbocycles. The topological polar surface area (TPSA) is 52.6 Å². The minimum Gasteiger partial charge on any atom is -0.395 e. The second-order valence-corrected chi connectivity index (χ2v) is 5.13. The van der Waals surface area contributed by atoms with Gasteiger partial charge < -0.3 is 10.4 Å². The molecule has 1 unspecified atom stereocenters. The summed E-state index contributed by atoms with van der Waals surface area (Å²) in [6, 6.07) is -0.464. The molecule has 0 bridgehead atoms. The van der Waals surface area contributed by atoms with Gasteiger partial charge in [-0.05, 0) is 19.8 Å². The molecule has 19 heavy (non-hydrogen) atoms. The van der Waals surface area contributed by atoms with Gasteiger partial charge in [-0.1, -0.05) is 19.3 Å². The Balaban J connectivity index is 2.46. The number of alkyl halides is 2. The smallest absolute Gasteiger partial charge is 0.251 e. The van der Waals surface area contributed by atoms with Gasteiger partial charge in [-0.25, -0.2) is 8.78 Å². The van der Waals surface area contributed by atoms with Gasteiger partial charge in [0.05, 0.1) is 19.2 Å². The van der Waals surface area contributed by atoms with Crippen molar-refractivity contribution >= 4 is 5.91 Å². The second kappa shape index (κ2) is 8.43. The highest BCUT2D eigenvalue weighted by Gasteiger charge is 2.25. The summed E-state index contributed by atoms with van der Waals surface area (Å²) in [5, 5.41) is 11.8. The van der Waals surface area contributed by atoms with Crippen molar-refractivity contribution in [3.8, 4) is 0 Å². The Morgan fingerprint density at radius 3 is 2.53 bits per heavy atom. The molecule has 0 saturated heterocycles. The number of aliphatic hydroxyl groups excluding tert-OH is 1. The standard InChI is InChI=1S/C13H24F2N2O2/c1-10(17(7-8-18)9-12(14)15)13(19)16-11-5-3-2-4-6-11/h10-12,18H,2-9H2,1H3,(H,16,19). The van der Waals surface area contributed by atoms with Crippen LogP contribution in [0, 0.1) is 0 Å². The molecule has 1 aliphatic rings. The van der Waals surface area contributed by atoms with Crippen LogP contribution in [0.3, 0.4) is 0 Å². The molecule has 2 N–H and O–H groups in total. The summed E-state index contributed by atoms with van der Waals surface area (Å²) in [6.07, 6.45) is 2.84. The number of nitrogens with one attached hydrogen (secondary N) is 1. The fourth-order valence-corrected chi connectivity index (χ4v) is 2.48. The van der Waals surface area contributed by atoms with Gasteiger partial charge >= 0.3 is 0 Å². The molecule has 0 spiro atoms. The Morgan fingerprint density at radius 1 is 1.37 bits per heavy atom. The molecule has 112 valence electrons. The van der Waals surface area contributed by atoms with E-state index in [1.165, 1.54) is 11.3 Å². The fourth-order valence-electron chi connectivity index (χ4n) is 2.48. The van der Waals surface area contributed by atoms with Crippen molar-refractivity contribution in [1.82, 2.24) is 10.2 Å². The molecule has 1 amide bonds. The third-order valence-corrected chi connectivity index (χ3v) is 3.64. The monoisotopic (exact) mass is 278 g/mol. The van der Waals surface area contributed by atoms with E-state index in [4.69, 9.17) is 5.11 Å². The van der Waals surface area contributed by atoms with Gasteiger partial charge in [0.1, 0.15) is 0 Å². The molecule has 1 saturated carbocycles. The molecule has 1 fully saturated rings. The maximum Gasteiger partial charge on any atom is 0.251 e. The van der Waals surface area contributed by atoms with Gasteiger partial charge in [0, 0.05) is 12.6 Å². The Labute approximate surface area is 113 Å². The van der Waals surface area contributed by atoms with Crippen molar-refractivity contribution in [2.45, 2.75) is 57.5 Å². The Morgan fingerprint density at radius 2 is 2.00 bits per heavy atom. The van der Waals surface area contributed by atoms with Gasteiger partial charge in [-0.15, -0.1) is 0 Å². The zero-order valence-electron chi connectivity index (χ0n) is 11.4. The van der Waals surface area contributed by atoms with Crippen LogP contribution in [0.25, 0.3) is 0 Å². The number of rotatable bonds is 7. The van der Waals surface area contributed by atoms with E-state index < -0.39 is 19.0 Å². The summed E-state index contributed by atoms with van der Waals surface area (Å²) in [5.74, 6) is -0.221. The molecule has 0 aromatic carbocycles. The zero-order valence-corrected chi connectivity index (χ0v) is 11.4. The minimum atomic E-state index is -2.50. The summed E-state index contributed by atoms with van der Waals surface area (Å²) < 4.78 is 24.9. The predicted octanol–water partition coefficient (Wildman–Crippen LogP) is 1.38. The molecule has 0 heterocycles. The van der Waals surface area contributed by atoms with Gasteiger partial charge in [0.15, 0.2) is 0 Å². The van der Waals surface area contributed by atoms with Crippen LogP contribution in [0.2, 0.25) is 0 Å². The van der Waals surface area contributed by atoms with E-state index in [1.54, 1.807) is 6.92 Å². The minimum absolute atomic E-state index is 0.0869. The summed E-state index contributed by atoms with van der Waals surface area (Å²) >= 11 is 0. The average molecular weight is 278 g/mol. The predicted molar refractivity (Wildman–Crippen MR) is 69.1 cm³/mol. The molecule has 0 radical (unpaired) electrons. The van der Waals surface area contributed by atoms with E-state index in [0.717, 1.165) is 25.7 Å². The average Bonchev–Trinajstić information content (AvgIpc) is 2.38. The largest absolute Gasteiger partial charge is 0.395 e. The van der Waals surface area contributed by atoms with Crippen LogP contribution < -0.4 is 5.32 Å². The van der Waals surface area contributed by atoms with E-state index in [0.29, 0.717) is 0 Å². The normalized spacial score (nSPS) is 18.8. The van der Waals surface area contributed by atoms with Crippen molar-refractivity contribution in [2.75, 3.05) is 19.7 Å². The van der Waals surface area contributed by atoms with Gasteiger partial charge in [0.25, 0.3) is 6.43 Å². The first-order valence-electron chi connectivity index (χ1n) is 6.98. The van der Waals surface area contributed by atoms with E-state index in [2.05, 4.69) is 5.32 Å². The van der Waals surface area contributed by atoms with Crippen molar-refractivity contribution in [1.29, 1.82) is 0 Å². The highest BCUT2D eigenvalue weighted by atomic mass is 19.3. The molecule has 0 aromatic heterocycles. The first kappa shape index (κ1) is 16.3. The van der Waals surface area contributed by atoms with E-state index in [-0.39, 0.29) is 25.1 Å². The lowest BCUT2D eigenvalue weighted by molar-refractivity contribution is -0.127. The highest BCUT2D eigenvalue weighted by molar-refractivity contribution is 5.81. The number of aliphatic hydroxyl groups is 1. The first-order chi connectivity index (χ1) is 9.04. The van der Waals surface area contributed by atoms with Crippen LogP contribution >= 0.6 is 0 Å². The van der Waals surface area contributed by atoms with E-state index in [9.17, 15) is 13.6 Å². The van der Waals surface area contributed by atoms with Crippen LogP contribution in [0.5, 0.6) is 0 Å². The second-order valence-electron chi connectivity index (χ2n) is 5.13.